The van der Waals surface area contributed by atoms with Gasteiger partial charge in [0.05, 0.1) is 24.6 Å². The zero-order valence-corrected chi connectivity index (χ0v) is 22.0. The SMILES string of the molecule is CC(C)(C#N)n1nc(C(=O)NC2CCC(Oc3ncccc3C(N)=O)CC2)c2ccc(OCCC(F)(F)F)cc21. The Morgan fingerprint density at radius 3 is 2.58 bits per heavy atom. The van der Waals surface area contributed by atoms with Gasteiger partial charge in [0, 0.05) is 23.7 Å². The largest absolute Gasteiger partial charge is 0.493 e. The van der Waals surface area contributed by atoms with Gasteiger partial charge < -0.3 is 20.5 Å². The number of alkyl halides is 3. The van der Waals surface area contributed by atoms with Crippen molar-refractivity contribution in [1.82, 2.24) is 20.1 Å². The van der Waals surface area contributed by atoms with Gasteiger partial charge in [0.1, 0.15) is 23.0 Å². The Morgan fingerprint density at radius 1 is 1.20 bits per heavy atom. The van der Waals surface area contributed by atoms with Crippen LogP contribution in [0, 0.1) is 11.3 Å². The van der Waals surface area contributed by atoms with Gasteiger partial charge in [-0.15, -0.1) is 0 Å². The number of nitrogens with two attached hydrogens (primary N) is 1. The smallest absolute Gasteiger partial charge is 0.392 e. The Kier molecular flexibility index (Phi) is 8.18. The average Bonchev–Trinajstić information content (AvgIpc) is 3.29. The molecule has 3 N–H and O–H groups in total. The van der Waals surface area contributed by atoms with Crippen molar-refractivity contribution >= 4 is 22.7 Å². The first-order valence-electron chi connectivity index (χ1n) is 12.7. The lowest BCUT2D eigenvalue weighted by Gasteiger charge is -2.29. The van der Waals surface area contributed by atoms with Crippen molar-refractivity contribution in [2.75, 3.05) is 6.61 Å². The second-order valence-corrected chi connectivity index (χ2v) is 10.1. The van der Waals surface area contributed by atoms with E-state index in [2.05, 4.69) is 21.5 Å². The molecule has 2 aromatic heterocycles. The third-order valence-electron chi connectivity index (χ3n) is 6.65. The molecule has 4 rings (SSSR count). The number of carbonyl (C=O) groups excluding carboxylic acids is 2. The number of fused-ring (bicyclic) bond motifs is 1. The summed E-state index contributed by atoms with van der Waals surface area (Å²) in [5, 5.41) is 17.5. The quantitative estimate of drug-likeness (QED) is 0.400. The van der Waals surface area contributed by atoms with Crippen LogP contribution in [0.15, 0.2) is 36.5 Å². The molecule has 0 radical (unpaired) electrons. The van der Waals surface area contributed by atoms with E-state index in [0.717, 1.165) is 0 Å². The lowest BCUT2D eigenvalue weighted by Crippen LogP contribution is -2.40. The number of nitriles is 1. The third-order valence-corrected chi connectivity index (χ3v) is 6.65. The molecule has 212 valence electrons. The Hall–Kier alpha value is -4.34. The Bertz CT molecular complexity index is 1440. The molecule has 1 aliphatic carbocycles. The molecule has 2 heterocycles. The van der Waals surface area contributed by atoms with Gasteiger partial charge >= 0.3 is 6.18 Å². The standard InChI is InChI=1S/C27H29F3N6O4/c1-26(2,15-31)36-21-14-18(39-13-11-27(28,29)30)9-10-19(21)22(35-36)24(38)34-16-5-7-17(8-6-16)40-25-20(23(32)37)4-3-12-33-25/h3-4,9-10,12,14,16-17H,5-8,11,13H2,1-2H3,(H2,32,37)(H,34,38). The minimum atomic E-state index is -4.35. The highest BCUT2D eigenvalue weighted by atomic mass is 19.4. The summed E-state index contributed by atoms with van der Waals surface area (Å²) in [6.45, 7) is 2.67. The summed E-state index contributed by atoms with van der Waals surface area (Å²) in [6.07, 6.45) is -1.72. The highest BCUT2D eigenvalue weighted by molar-refractivity contribution is 6.05. The van der Waals surface area contributed by atoms with Crippen LogP contribution in [0.25, 0.3) is 10.9 Å². The van der Waals surface area contributed by atoms with E-state index in [0.29, 0.717) is 36.6 Å². The number of hydrogen-bond acceptors (Lipinski definition) is 7. The Balaban J connectivity index is 1.46. The number of nitrogens with zero attached hydrogens (tertiary/aromatic N) is 4. The van der Waals surface area contributed by atoms with E-state index in [1.165, 1.54) is 23.0 Å². The summed E-state index contributed by atoms with van der Waals surface area (Å²) in [5.41, 5.74) is 4.93. The fourth-order valence-electron chi connectivity index (χ4n) is 4.52. The summed E-state index contributed by atoms with van der Waals surface area (Å²) in [7, 11) is 0. The Labute approximate surface area is 228 Å². The van der Waals surface area contributed by atoms with Gasteiger partial charge in [0.15, 0.2) is 5.69 Å². The van der Waals surface area contributed by atoms with E-state index in [4.69, 9.17) is 15.2 Å². The van der Waals surface area contributed by atoms with Gasteiger partial charge in [-0.3, -0.25) is 9.59 Å². The Morgan fingerprint density at radius 2 is 1.93 bits per heavy atom. The molecule has 0 bridgehead atoms. The zero-order valence-electron chi connectivity index (χ0n) is 22.0. The second-order valence-electron chi connectivity index (χ2n) is 10.1. The van der Waals surface area contributed by atoms with E-state index in [9.17, 15) is 28.0 Å². The van der Waals surface area contributed by atoms with Crippen molar-refractivity contribution in [3.63, 3.8) is 0 Å². The van der Waals surface area contributed by atoms with E-state index < -0.39 is 36.6 Å². The van der Waals surface area contributed by atoms with Gasteiger partial charge in [-0.2, -0.15) is 23.5 Å². The predicted octanol–water partition coefficient (Wildman–Crippen LogP) is 4.24. The first-order chi connectivity index (χ1) is 18.9. The molecular formula is C27H29F3N6O4. The summed E-state index contributed by atoms with van der Waals surface area (Å²) in [5.74, 6) is -0.714. The molecule has 1 saturated carbocycles. The number of ether oxygens (including phenoxy) is 2. The summed E-state index contributed by atoms with van der Waals surface area (Å²) < 4.78 is 50.1. The maximum Gasteiger partial charge on any atom is 0.392 e. The van der Waals surface area contributed by atoms with Crippen LogP contribution in [0.2, 0.25) is 0 Å². The molecule has 0 unspecified atom stereocenters. The fourth-order valence-corrected chi connectivity index (χ4v) is 4.52. The summed E-state index contributed by atoms with van der Waals surface area (Å²) >= 11 is 0. The second kappa shape index (κ2) is 11.4. The molecule has 0 saturated heterocycles. The average molecular weight is 559 g/mol. The first-order valence-corrected chi connectivity index (χ1v) is 12.7. The van der Waals surface area contributed by atoms with Crippen molar-refractivity contribution < 1.29 is 32.2 Å². The number of amides is 2. The molecule has 0 atom stereocenters. The molecular weight excluding hydrogens is 529 g/mol. The van der Waals surface area contributed by atoms with Crippen LogP contribution in [0.5, 0.6) is 11.6 Å². The number of pyridine rings is 1. The molecule has 13 heteroatoms. The fraction of sp³-hybridized carbons (Fsp3) is 0.444. The van der Waals surface area contributed by atoms with E-state index >= 15 is 0 Å². The van der Waals surface area contributed by atoms with Crippen LogP contribution in [-0.4, -0.2) is 51.5 Å². The monoisotopic (exact) mass is 558 g/mol. The van der Waals surface area contributed by atoms with E-state index in [1.807, 2.05) is 0 Å². The number of rotatable bonds is 9. The van der Waals surface area contributed by atoms with Crippen molar-refractivity contribution in [2.45, 2.75) is 69.8 Å². The maximum atomic E-state index is 13.3. The molecule has 2 amide bonds. The molecule has 40 heavy (non-hydrogen) atoms. The summed E-state index contributed by atoms with van der Waals surface area (Å²) in [4.78, 5) is 29.0. The molecule has 3 aromatic rings. The molecule has 0 aliphatic heterocycles. The van der Waals surface area contributed by atoms with Gasteiger partial charge in [-0.25, -0.2) is 9.67 Å². The van der Waals surface area contributed by atoms with Crippen LogP contribution in [-0.2, 0) is 5.54 Å². The zero-order chi connectivity index (χ0) is 29.1. The van der Waals surface area contributed by atoms with E-state index in [-0.39, 0.29) is 35.0 Å². The minimum absolute atomic E-state index is 0.0955. The predicted molar refractivity (Wildman–Crippen MR) is 138 cm³/mol. The van der Waals surface area contributed by atoms with Gasteiger partial charge in [-0.05, 0) is 63.8 Å². The number of carbonyl (C=O) groups is 2. The summed E-state index contributed by atoms with van der Waals surface area (Å²) in [6, 6.07) is 9.62. The molecule has 10 nitrogen and oxygen atoms in total. The number of nitrogens with one attached hydrogen (secondary N) is 1. The van der Waals surface area contributed by atoms with Crippen LogP contribution in [0.1, 0.15) is 66.8 Å². The van der Waals surface area contributed by atoms with Crippen LogP contribution < -0.4 is 20.5 Å². The number of primary amides is 1. The first kappa shape index (κ1) is 28.7. The number of aromatic nitrogens is 3. The van der Waals surface area contributed by atoms with Crippen molar-refractivity contribution in [1.29, 1.82) is 5.26 Å². The number of benzene rings is 1. The molecule has 1 fully saturated rings. The van der Waals surface area contributed by atoms with Gasteiger partial charge in [-0.1, -0.05) is 0 Å². The molecule has 1 aliphatic rings. The third kappa shape index (κ3) is 6.62. The lowest BCUT2D eigenvalue weighted by atomic mass is 9.92. The molecule has 1 aromatic carbocycles. The van der Waals surface area contributed by atoms with Crippen molar-refractivity contribution in [3.8, 4) is 17.7 Å². The highest BCUT2D eigenvalue weighted by Crippen LogP contribution is 2.30. The number of hydrogen-bond donors (Lipinski definition) is 2. The van der Waals surface area contributed by atoms with Crippen molar-refractivity contribution in [2.24, 2.45) is 5.73 Å². The van der Waals surface area contributed by atoms with Crippen molar-refractivity contribution in [3.05, 3.63) is 47.8 Å². The molecule has 0 spiro atoms. The van der Waals surface area contributed by atoms with Gasteiger partial charge in [0.25, 0.3) is 11.8 Å². The lowest BCUT2D eigenvalue weighted by molar-refractivity contribution is -0.139. The minimum Gasteiger partial charge on any atom is -0.493 e. The maximum absolute atomic E-state index is 13.3. The van der Waals surface area contributed by atoms with E-state index in [1.54, 1.807) is 32.0 Å². The highest BCUT2D eigenvalue weighted by Gasteiger charge is 2.30. The topological polar surface area (TPSA) is 145 Å². The van der Waals surface area contributed by atoms with Crippen LogP contribution in [0.3, 0.4) is 0 Å². The van der Waals surface area contributed by atoms with Crippen LogP contribution >= 0.6 is 0 Å². The number of halogens is 3. The van der Waals surface area contributed by atoms with Crippen LogP contribution in [0.4, 0.5) is 13.2 Å². The normalized spacial score (nSPS) is 17.7. The van der Waals surface area contributed by atoms with Gasteiger partial charge in [0.2, 0.25) is 5.88 Å².